The van der Waals surface area contributed by atoms with Gasteiger partial charge in [0.2, 0.25) is 5.91 Å². The van der Waals surface area contributed by atoms with Crippen LogP contribution in [0.3, 0.4) is 0 Å². The van der Waals surface area contributed by atoms with Crippen LogP contribution in [0.15, 0.2) is 48.6 Å². The van der Waals surface area contributed by atoms with Gasteiger partial charge in [-0.3, -0.25) is 18.6 Å². The highest BCUT2D eigenvalue weighted by molar-refractivity contribution is 7.47. The number of carbonyl (C=O) groups is 2. The Morgan fingerprint density at radius 1 is 0.537 bits per heavy atom. The molecule has 10 heteroatoms. The molecule has 3 atom stereocenters. The molecular formula is C57H108N2O7P+. The van der Waals surface area contributed by atoms with Crippen molar-refractivity contribution in [1.82, 2.24) is 5.32 Å². The molecule has 2 N–H and O–H groups in total. The van der Waals surface area contributed by atoms with Gasteiger partial charge in [0.1, 0.15) is 19.3 Å². The van der Waals surface area contributed by atoms with Crippen LogP contribution >= 0.6 is 7.82 Å². The lowest BCUT2D eigenvalue weighted by molar-refractivity contribution is -0.870. The van der Waals surface area contributed by atoms with Crippen LogP contribution in [0.4, 0.5) is 0 Å². The van der Waals surface area contributed by atoms with Crippen molar-refractivity contribution in [3.8, 4) is 0 Å². The molecule has 0 fully saturated rings. The normalized spacial score (nSPS) is 14.2. The average molecular weight is 964 g/mol. The molecule has 0 saturated heterocycles. The van der Waals surface area contributed by atoms with E-state index in [9.17, 15) is 19.0 Å². The summed E-state index contributed by atoms with van der Waals surface area (Å²) < 4.78 is 30.5. The van der Waals surface area contributed by atoms with E-state index in [1.165, 1.54) is 135 Å². The number of allylic oxidation sites excluding steroid dienone is 7. The van der Waals surface area contributed by atoms with E-state index in [1.807, 2.05) is 33.3 Å². The van der Waals surface area contributed by atoms with Gasteiger partial charge in [-0.05, 0) is 51.0 Å². The summed E-state index contributed by atoms with van der Waals surface area (Å²) in [6.07, 6.45) is 56.8. The SMILES string of the molecule is CC/C=C/C=C/C=C\CCCCCCCC(=O)OC(/C=C/CCCCCCCCCCC)C(COP(=O)(O)OCC[N+](C)(C)C)NC(=O)CCCCCCCCCCCCCCCCCCC. The molecular weight excluding hydrogens is 856 g/mol. The number of phosphoric acid groups is 1. The van der Waals surface area contributed by atoms with Gasteiger partial charge in [-0.1, -0.05) is 237 Å². The maximum atomic E-state index is 13.5. The van der Waals surface area contributed by atoms with Crippen LogP contribution in [-0.2, 0) is 27.9 Å². The molecule has 0 aromatic carbocycles. The summed E-state index contributed by atoms with van der Waals surface area (Å²) in [5.74, 6) is -0.524. The van der Waals surface area contributed by atoms with Crippen molar-refractivity contribution in [2.24, 2.45) is 0 Å². The fourth-order valence-corrected chi connectivity index (χ4v) is 8.73. The second-order valence-corrected chi connectivity index (χ2v) is 21.6. The van der Waals surface area contributed by atoms with E-state index in [-0.39, 0.29) is 31.5 Å². The number of quaternary nitrogens is 1. The highest BCUT2D eigenvalue weighted by atomic mass is 31.2. The molecule has 3 unspecified atom stereocenters. The van der Waals surface area contributed by atoms with Crippen LogP contribution in [0.1, 0.15) is 252 Å². The number of rotatable bonds is 50. The summed E-state index contributed by atoms with van der Waals surface area (Å²) >= 11 is 0. The molecule has 0 radical (unpaired) electrons. The molecule has 0 heterocycles. The van der Waals surface area contributed by atoms with Gasteiger partial charge in [-0.25, -0.2) is 4.57 Å². The summed E-state index contributed by atoms with van der Waals surface area (Å²) in [7, 11) is 1.49. The van der Waals surface area contributed by atoms with Crippen molar-refractivity contribution < 1.29 is 37.3 Å². The number of amides is 1. The minimum absolute atomic E-state index is 0.0374. The van der Waals surface area contributed by atoms with E-state index in [0.717, 1.165) is 83.5 Å². The number of nitrogens with zero attached hydrogens (tertiary/aromatic N) is 1. The number of nitrogens with one attached hydrogen (secondary N) is 1. The average Bonchev–Trinajstić information content (AvgIpc) is 3.28. The number of likely N-dealkylation sites (N-methyl/N-ethyl adjacent to an activating group) is 1. The predicted octanol–water partition coefficient (Wildman–Crippen LogP) is 16.6. The smallest absolute Gasteiger partial charge is 0.456 e. The van der Waals surface area contributed by atoms with E-state index in [0.29, 0.717) is 17.4 Å². The second kappa shape index (κ2) is 47.6. The van der Waals surface area contributed by atoms with E-state index in [4.69, 9.17) is 13.8 Å². The lowest BCUT2D eigenvalue weighted by Gasteiger charge is -2.27. The third-order valence-corrected chi connectivity index (χ3v) is 13.3. The Kier molecular flexibility index (Phi) is 46.2. The van der Waals surface area contributed by atoms with Gasteiger partial charge >= 0.3 is 13.8 Å². The Hall–Kier alpha value is -2.03. The fraction of sp³-hybridized carbons (Fsp3) is 0.825. The molecule has 1 amide bonds. The van der Waals surface area contributed by atoms with E-state index >= 15 is 0 Å². The van der Waals surface area contributed by atoms with Crippen LogP contribution in [0.5, 0.6) is 0 Å². The number of ether oxygens (including phenoxy) is 1. The Bertz CT molecular complexity index is 1290. The first kappa shape index (κ1) is 65.0. The summed E-state index contributed by atoms with van der Waals surface area (Å²) in [6.45, 7) is 6.87. The predicted molar refractivity (Wildman–Crippen MR) is 286 cm³/mol. The Morgan fingerprint density at radius 3 is 1.42 bits per heavy atom. The number of phosphoric ester groups is 1. The van der Waals surface area contributed by atoms with Crippen molar-refractivity contribution in [3.05, 3.63) is 48.6 Å². The van der Waals surface area contributed by atoms with Crippen molar-refractivity contribution in [2.45, 2.75) is 264 Å². The van der Waals surface area contributed by atoms with Crippen LogP contribution < -0.4 is 5.32 Å². The van der Waals surface area contributed by atoms with Crippen molar-refractivity contribution in [3.63, 3.8) is 0 Å². The molecule has 9 nitrogen and oxygen atoms in total. The summed E-state index contributed by atoms with van der Waals surface area (Å²) in [5.41, 5.74) is 0. The lowest BCUT2D eigenvalue weighted by atomic mass is 10.0. The minimum Gasteiger partial charge on any atom is -0.456 e. The fourth-order valence-electron chi connectivity index (χ4n) is 8.00. The molecule has 0 aromatic rings. The molecule has 0 spiro atoms. The molecule has 0 rings (SSSR count). The quantitative estimate of drug-likeness (QED) is 0.0156. The van der Waals surface area contributed by atoms with Crippen LogP contribution in [0, 0.1) is 0 Å². The van der Waals surface area contributed by atoms with Crippen molar-refractivity contribution in [2.75, 3.05) is 40.9 Å². The summed E-state index contributed by atoms with van der Waals surface area (Å²) in [6, 6.07) is -0.852. The first-order valence-electron chi connectivity index (χ1n) is 28.0. The Labute approximate surface area is 414 Å². The first-order chi connectivity index (χ1) is 32.4. The van der Waals surface area contributed by atoms with Gasteiger partial charge in [-0.15, -0.1) is 0 Å². The van der Waals surface area contributed by atoms with Gasteiger partial charge in [0.15, 0.2) is 0 Å². The minimum atomic E-state index is -4.44. The largest absolute Gasteiger partial charge is 0.472 e. The Balaban J connectivity index is 5.32. The van der Waals surface area contributed by atoms with E-state index in [1.54, 1.807) is 0 Å². The van der Waals surface area contributed by atoms with E-state index in [2.05, 4.69) is 62.5 Å². The van der Waals surface area contributed by atoms with Crippen molar-refractivity contribution in [1.29, 1.82) is 0 Å². The molecule has 0 aliphatic rings. The third-order valence-electron chi connectivity index (χ3n) is 12.3. The topological polar surface area (TPSA) is 111 Å². The zero-order valence-corrected chi connectivity index (χ0v) is 45.5. The molecule has 0 aliphatic carbocycles. The maximum Gasteiger partial charge on any atom is 0.472 e. The molecule has 0 bridgehead atoms. The highest BCUT2D eigenvalue weighted by Crippen LogP contribution is 2.43. The molecule has 0 aromatic heterocycles. The monoisotopic (exact) mass is 964 g/mol. The summed E-state index contributed by atoms with van der Waals surface area (Å²) in [5, 5.41) is 3.04. The lowest BCUT2D eigenvalue weighted by Crippen LogP contribution is -2.47. The molecule has 392 valence electrons. The van der Waals surface area contributed by atoms with Gasteiger partial charge < -0.3 is 19.4 Å². The number of hydrogen-bond donors (Lipinski definition) is 2. The van der Waals surface area contributed by atoms with Gasteiger partial charge in [-0.2, -0.15) is 0 Å². The zero-order chi connectivity index (χ0) is 49.4. The first-order valence-corrected chi connectivity index (χ1v) is 29.5. The second-order valence-electron chi connectivity index (χ2n) is 20.1. The van der Waals surface area contributed by atoms with Gasteiger partial charge in [0, 0.05) is 12.8 Å². The number of carbonyl (C=O) groups excluding carboxylic acids is 2. The van der Waals surface area contributed by atoms with Crippen LogP contribution in [-0.4, -0.2) is 74.3 Å². The van der Waals surface area contributed by atoms with Gasteiger partial charge in [0.05, 0.1) is 33.8 Å². The highest BCUT2D eigenvalue weighted by Gasteiger charge is 2.30. The van der Waals surface area contributed by atoms with Crippen molar-refractivity contribution >= 4 is 19.7 Å². The van der Waals surface area contributed by atoms with Crippen LogP contribution in [0.25, 0.3) is 0 Å². The third kappa shape index (κ3) is 48.8. The molecule has 67 heavy (non-hydrogen) atoms. The summed E-state index contributed by atoms with van der Waals surface area (Å²) in [4.78, 5) is 37.5. The van der Waals surface area contributed by atoms with E-state index < -0.39 is 20.0 Å². The zero-order valence-electron chi connectivity index (χ0n) is 44.6. The number of esters is 1. The standard InChI is InChI=1S/C57H107N2O7P/c1-7-10-13-16-19-22-25-27-28-29-30-32-34-37-40-43-46-49-56(60)58-54(53-65-67(62,63)64-52-51-59(4,5)6)55(48-45-42-39-36-33-24-21-18-15-12-9-3)66-57(61)50-47-44-41-38-35-31-26-23-20-17-14-11-8-2/h11,14,17,20,23,26,45,48,54-55H,7-10,12-13,15-16,18-19,21-22,24-25,27-44,46-47,49-53H2,1-6H3,(H-,58,60,62,63)/p+1/b14-11+,20-17+,26-23-,48-45+. The Morgan fingerprint density at radius 2 is 0.955 bits per heavy atom. The maximum absolute atomic E-state index is 13.5. The molecule has 0 aliphatic heterocycles. The van der Waals surface area contributed by atoms with Crippen LogP contribution in [0.2, 0.25) is 0 Å². The number of hydrogen-bond acceptors (Lipinski definition) is 6. The van der Waals surface area contributed by atoms with Gasteiger partial charge in [0.25, 0.3) is 0 Å². The number of unbranched alkanes of at least 4 members (excludes halogenated alkanes) is 30. The molecule has 0 saturated carbocycles.